The zero-order valence-corrected chi connectivity index (χ0v) is 28.0. The fraction of sp³-hybridized carbons (Fsp3) is 0.303. The standard InChI is InChI=1S/C33H35N3O9S2/c1-5-45-24-10-12-25(13-11-24)47(40,41)36-20-23-9-7-6-8-22(23)19-26(36)31(37)34-14-15-35-32(38)29(46-33(35)39)18-21-16-27(42-2)30(44-4)28(17-21)43-3/h6-13,16-18,26H,5,14-15,19-20H2,1-4H3,(H,34,37)/b29-18-/t26-/m0/s1. The van der Waals surface area contributed by atoms with E-state index in [1.54, 1.807) is 30.3 Å². The van der Waals surface area contributed by atoms with E-state index in [1.165, 1.54) is 37.8 Å². The first kappa shape index (κ1) is 33.8. The molecule has 0 saturated carbocycles. The van der Waals surface area contributed by atoms with Crippen molar-refractivity contribution in [3.8, 4) is 23.0 Å². The Labute approximate surface area is 277 Å². The van der Waals surface area contributed by atoms with Gasteiger partial charge in [0.05, 0.1) is 37.7 Å². The van der Waals surface area contributed by atoms with Gasteiger partial charge in [-0.1, -0.05) is 24.3 Å². The second-order valence-electron chi connectivity index (χ2n) is 10.5. The quantitative estimate of drug-likeness (QED) is 0.278. The minimum atomic E-state index is -4.08. The van der Waals surface area contributed by atoms with E-state index < -0.39 is 33.1 Å². The van der Waals surface area contributed by atoms with E-state index in [1.807, 2.05) is 31.2 Å². The predicted octanol–water partition coefficient (Wildman–Crippen LogP) is 4.08. The van der Waals surface area contributed by atoms with Gasteiger partial charge >= 0.3 is 0 Å². The molecule has 1 N–H and O–H groups in total. The van der Waals surface area contributed by atoms with Crippen LogP contribution in [-0.4, -0.2) is 81.7 Å². The van der Waals surface area contributed by atoms with Crippen molar-refractivity contribution in [3.63, 3.8) is 0 Å². The minimum absolute atomic E-state index is 0.0125. The van der Waals surface area contributed by atoms with Crippen LogP contribution in [0.4, 0.5) is 4.79 Å². The lowest BCUT2D eigenvalue weighted by Crippen LogP contribution is -2.53. The van der Waals surface area contributed by atoms with Crippen LogP contribution in [0.1, 0.15) is 23.6 Å². The third-order valence-electron chi connectivity index (χ3n) is 7.74. The van der Waals surface area contributed by atoms with Crippen molar-refractivity contribution in [2.24, 2.45) is 0 Å². The van der Waals surface area contributed by atoms with Crippen LogP contribution in [-0.2, 0) is 32.6 Å². The maximum atomic E-state index is 13.8. The number of rotatable bonds is 12. The lowest BCUT2D eigenvalue weighted by Gasteiger charge is -2.35. The molecule has 0 radical (unpaired) electrons. The number of fused-ring (bicyclic) bond motifs is 1. The normalized spacial score (nSPS) is 17.4. The van der Waals surface area contributed by atoms with Crippen LogP contribution >= 0.6 is 11.8 Å². The molecule has 1 fully saturated rings. The monoisotopic (exact) mass is 681 g/mol. The molecule has 3 aromatic carbocycles. The number of nitrogens with one attached hydrogen (secondary N) is 1. The van der Waals surface area contributed by atoms with E-state index in [-0.39, 0.29) is 35.9 Å². The average Bonchev–Trinajstić information content (AvgIpc) is 3.34. The molecule has 0 bridgehead atoms. The van der Waals surface area contributed by atoms with E-state index in [0.717, 1.165) is 27.8 Å². The van der Waals surface area contributed by atoms with Gasteiger partial charge in [0.2, 0.25) is 21.7 Å². The van der Waals surface area contributed by atoms with Crippen molar-refractivity contribution in [3.05, 3.63) is 82.3 Å². The molecule has 1 atom stereocenters. The van der Waals surface area contributed by atoms with Crippen LogP contribution in [0, 0.1) is 0 Å². The van der Waals surface area contributed by atoms with Crippen molar-refractivity contribution >= 4 is 44.9 Å². The van der Waals surface area contributed by atoms with Crippen LogP contribution in [0.5, 0.6) is 23.0 Å². The Hall–Kier alpha value is -4.53. The van der Waals surface area contributed by atoms with Gasteiger partial charge in [0.25, 0.3) is 11.1 Å². The van der Waals surface area contributed by atoms with Gasteiger partial charge in [0, 0.05) is 19.6 Å². The summed E-state index contributed by atoms with van der Waals surface area (Å²) in [4.78, 5) is 40.8. The second-order valence-corrected chi connectivity index (χ2v) is 13.4. The molecular weight excluding hydrogens is 647 g/mol. The van der Waals surface area contributed by atoms with Crippen LogP contribution in [0.25, 0.3) is 6.08 Å². The number of hydrogen-bond acceptors (Lipinski definition) is 10. The summed E-state index contributed by atoms with van der Waals surface area (Å²) in [6, 6.07) is 15.7. The number of ether oxygens (including phenoxy) is 4. The molecule has 2 aliphatic heterocycles. The Bertz CT molecular complexity index is 1780. The van der Waals surface area contributed by atoms with Crippen LogP contribution < -0.4 is 24.3 Å². The number of thioether (sulfide) groups is 1. The van der Waals surface area contributed by atoms with E-state index in [0.29, 0.717) is 35.2 Å². The van der Waals surface area contributed by atoms with Gasteiger partial charge in [0.1, 0.15) is 11.8 Å². The summed E-state index contributed by atoms with van der Waals surface area (Å²) in [5, 5.41) is 2.26. The number of methoxy groups -OCH3 is 3. The third kappa shape index (κ3) is 7.09. The smallest absolute Gasteiger partial charge is 0.293 e. The van der Waals surface area contributed by atoms with E-state index in [4.69, 9.17) is 18.9 Å². The van der Waals surface area contributed by atoms with E-state index >= 15 is 0 Å². The van der Waals surface area contributed by atoms with Crippen LogP contribution in [0.3, 0.4) is 0 Å². The molecule has 47 heavy (non-hydrogen) atoms. The van der Waals surface area contributed by atoms with Gasteiger partial charge in [-0.25, -0.2) is 8.42 Å². The fourth-order valence-electron chi connectivity index (χ4n) is 5.42. The number of carbonyl (C=O) groups excluding carboxylic acids is 3. The summed E-state index contributed by atoms with van der Waals surface area (Å²) >= 11 is 0.774. The van der Waals surface area contributed by atoms with Crippen molar-refractivity contribution in [2.45, 2.75) is 30.8 Å². The number of imide groups is 1. The number of hydrogen-bond donors (Lipinski definition) is 1. The zero-order chi connectivity index (χ0) is 33.7. The molecule has 14 heteroatoms. The maximum absolute atomic E-state index is 13.8. The molecule has 0 aliphatic carbocycles. The second kappa shape index (κ2) is 14.5. The van der Waals surface area contributed by atoms with Gasteiger partial charge in [-0.2, -0.15) is 4.31 Å². The Morgan fingerprint density at radius 1 is 0.979 bits per heavy atom. The first-order valence-electron chi connectivity index (χ1n) is 14.8. The molecule has 0 aromatic heterocycles. The molecular formula is C33H35N3O9S2. The molecule has 5 rings (SSSR count). The van der Waals surface area contributed by atoms with Gasteiger partial charge in [-0.15, -0.1) is 0 Å². The van der Waals surface area contributed by atoms with Crippen molar-refractivity contribution in [1.82, 2.24) is 14.5 Å². The molecule has 2 aliphatic rings. The molecule has 1 saturated heterocycles. The zero-order valence-electron chi connectivity index (χ0n) is 26.3. The largest absolute Gasteiger partial charge is 0.494 e. The molecule has 3 aromatic rings. The fourth-order valence-corrected chi connectivity index (χ4v) is 7.85. The van der Waals surface area contributed by atoms with Gasteiger partial charge < -0.3 is 24.3 Å². The first-order chi connectivity index (χ1) is 22.6. The summed E-state index contributed by atoms with van der Waals surface area (Å²) < 4.78 is 50.4. The average molecular weight is 682 g/mol. The summed E-state index contributed by atoms with van der Waals surface area (Å²) in [6.07, 6.45) is 1.72. The van der Waals surface area contributed by atoms with Crippen LogP contribution in [0.15, 0.2) is 70.5 Å². The Balaban J connectivity index is 1.30. The summed E-state index contributed by atoms with van der Waals surface area (Å²) in [5.41, 5.74) is 2.24. The molecule has 12 nitrogen and oxygen atoms in total. The maximum Gasteiger partial charge on any atom is 0.293 e. The highest BCUT2D eigenvalue weighted by Crippen LogP contribution is 2.40. The van der Waals surface area contributed by atoms with Crippen LogP contribution in [0.2, 0.25) is 0 Å². The Morgan fingerprint density at radius 2 is 1.64 bits per heavy atom. The molecule has 0 spiro atoms. The van der Waals surface area contributed by atoms with Gasteiger partial charge in [0.15, 0.2) is 11.5 Å². The lowest BCUT2D eigenvalue weighted by atomic mass is 9.95. The topological polar surface area (TPSA) is 141 Å². The predicted molar refractivity (Wildman–Crippen MR) is 176 cm³/mol. The van der Waals surface area contributed by atoms with Gasteiger partial charge in [-0.3, -0.25) is 19.3 Å². The molecule has 0 unspecified atom stereocenters. The highest BCUT2D eigenvalue weighted by molar-refractivity contribution is 8.18. The number of benzene rings is 3. The molecule has 248 valence electrons. The van der Waals surface area contributed by atoms with E-state index in [9.17, 15) is 22.8 Å². The third-order valence-corrected chi connectivity index (χ3v) is 10.5. The lowest BCUT2D eigenvalue weighted by molar-refractivity contribution is -0.126. The summed E-state index contributed by atoms with van der Waals surface area (Å²) in [7, 11) is 0.356. The van der Waals surface area contributed by atoms with Crippen molar-refractivity contribution < 1.29 is 41.7 Å². The number of carbonyl (C=O) groups is 3. The van der Waals surface area contributed by atoms with Crippen molar-refractivity contribution in [2.75, 3.05) is 41.0 Å². The molecule has 3 amide bonds. The first-order valence-corrected chi connectivity index (χ1v) is 17.0. The summed E-state index contributed by atoms with van der Waals surface area (Å²) in [5.74, 6) is 0.662. The number of amides is 3. The highest BCUT2D eigenvalue weighted by Gasteiger charge is 2.40. The van der Waals surface area contributed by atoms with Crippen molar-refractivity contribution in [1.29, 1.82) is 0 Å². The minimum Gasteiger partial charge on any atom is -0.494 e. The summed E-state index contributed by atoms with van der Waals surface area (Å²) in [6.45, 7) is 2.12. The van der Waals surface area contributed by atoms with E-state index in [2.05, 4.69) is 5.32 Å². The number of sulfonamides is 1. The Morgan fingerprint density at radius 3 is 2.26 bits per heavy atom. The Kier molecular flexibility index (Phi) is 10.4. The number of nitrogens with zero attached hydrogens (tertiary/aromatic N) is 2. The van der Waals surface area contributed by atoms with Gasteiger partial charge in [-0.05, 0) is 84.3 Å². The highest BCUT2D eigenvalue weighted by atomic mass is 32.2. The SMILES string of the molecule is CCOc1ccc(S(=O)(=O)N2Cc3ccccc3C[C@H]2C(=O)NCCN2C(=O)S/C(=C\c3cc(OC)c(OC)c(OC)c3)C2=O)cc1. The molecule has 2 heterocycles.